The molecule has 4 nitrogen and oxygen atoms in total. The van der Waals surface area contributed by atoms with Gasteiger partial charge < -0.3 is 4.57 Å². The van der Waals surface area contributed by atoms with E-state index in [9.17, 15) is 8.42 Å². The molecule has 0 N–H and O–H groups in total. The molecular weight excluding hydrogens is 505 g/mol. The second-order valence-corrected chi connectivity index (χ2v) is 19.2. The molecule has 38 heavy (non-hydrogen) atoms. The zero-order valence-corrected chi connectivity index (χ0v) is 24.8. The van der Waals surface area contributed by atoms with Crippen LogP contribution in [0.1, 0.15) is 34.8 Å². The van der Waals surface area contributed by atoms with Crippen molar-refractivity contribution in [2.45, 2.75) is 62.9 Å². The summed E-state index contributed by atoms with van der Waals surface area (Å²) in [6.45, 7) is 14.7. The van der Waals surface area contributed by atoms with Crippen molar-refractivity contribution in [3.8, 4) is 0 Å². The predicted molar refractivity (Wildman–Crippen MR) is 161 cm³/mol. The Hall–Kier alpha value is -2.93. The maximum Gasteiger partial charge on any atom is 0.243 e. The molecule has 1 aliphatic rings. The predicted octanol–water partition coefficient (Wildman–Crippen LogP) is 7.57. The highest BCUT2D eigenvalue weighted by Crippen LogP contribution is 2.43. The van der Waals surface area contributed by atoms with Crippen molar-refractivity contribution in [1.29, 1.82) is 0 Å². The van der Waals surface area contributed by atoms with Gasteiger partial charge in [0.15, 0.2) is 0 Å². The van der Waals surface area contributed by atoms with E-state index in [0.717, 1.165) is 28.4 Å². The van der Waals surface area contributed by atoms with Crippen LogP contribution in [0.15, 0.2) is 95.9 Å². The lowest BCUT2D eigenvalue weighted by Gasteiger charge is -2.37. The van der Waals surface area contributed by atoms with E-state index >= 15 is 0 Å². The second-order valence-electron chi connectivity index (χ2n) is 11.8. The third kappa shape index (κ3) is 5.30. The fraction of sp³-hybridized carbons (Fsp3) is 0.312. The minimum Gasteiger partial charge on any atom is -0.338 e. The number of para-hydroxylation sites is 1. The standard InChI is InChI=1S/C32H38N2O2SSi/c1-24-15-17-27(18-16-24)37(35,36)34-20-19-29-28-13-9-10-14-30(28)33(22-26-11-7-6-8-12-26)32(29)31(34)21-25(2)23-38(3,4)5/h6-18,31H,2,19-23H2,1,3-5H3. The quantitative estimate of drug-likeness (QED) is 0.170. The molecule has 1 unspecified atom stereocenters. The van der Waals surface area contributed by atoms with Crippen molar-refractivity contribution >= 4 is 29.0 Å². The minimum absolute atomic E-state index is 0.301. The van der Waals surface area contributed by atoms with Crippen molar-refractivity contribution in [3.05, 3.63) is 113 Å². The Morgan fingerprint density at radius 1 is 0.947 bits per heavy atom. The van der Waals surface area contributed by atoms with Crippen molar-refractivity contribution in [1.82, 2.24) is 8.87 Å². The molecular formula is C32H38N2O2SSi. The van der Waals surface area contributed by atoms with Crippen LogP contribution in [0.4, 0.5) is 0 Å². The lowest BCUT2D eigenvalue weighted by Crippen LogP contribution is -2.41. The van der Waals surface area contributed by atoms with Crippen LogP contribution in [0.5, 0.6) is 0 Å². The molecule has 198 valence electrons. The number of fused-ring (bicyclic) bond motifs is 3. The van der Waals surface area contributed by atoms with Crippen LogP contribution in [0.25, 0.3) is 10.9 Å². The SMILES string of the molecule is C=C(CC1c2c(c3ccccc3n2Cc2ccccc2)CCN1S(=O)(=O)c1ccc(C)cc1)C[Si](C)(C)C. The lowest BCUT2D eigenvalue weighted by molar-refractivity contribution is 0.294. The summed E-state index contributed by atoms with van der Waals surface area (Å²) in [4.78, 5) is 0.359. The van der Waals surface area contributed by atoms with Crippen LogP contribution in [-0.2, 0) is 23.0 Å². The van der Waals surface area contributed by atoms with E-state index < -0.39 is 18.1 Å². The molecule has 1 aromatic heterocycles. The average molecular weight is 543 g/mol. The summed E-state index contributed by atoms with van der Waals surface area (Å²) >= 11 is 0. The summed E-state index contributed by atoms with van der Waals surface area (Å²) in [5.41, 5.74) is 6.95. The Balaban J connectivity index is 1.68. The first-order chi connectivity index (χ1) is 18.0. The van der Waals surface area contributed by atoms with E-state index in [1.54, 1.807) is 16.4 Å². The van der Waals surface area contributed by atoms with Gasteiger partial charge in [-0.05, 0) is 55.1 Å². The molecule has 1 aliphatic heterocycles. The third-order valence-corrected chi connectivity index (χ3v) is 10.9. The minimum atomic E-state index is -3.70. The van der Waals surface area contributed by atoms with Crippen molar-refractivity contribution in [2.75, 3.05) is 6.54 Å². The molecule has 0 saturated carbocycles. The Bertz CT molecular complexity index is 1570. The fourth-order valence-electron chi connectivity index (χ4n) is 5.92. The second kappa shape index (κ2) is 10.3. The zero-order valence-electron chi connectivity index (χ0n) is 22.9. The van der Waals surface area contributed by atoms with Gasteiger partial charge in [-0.25, -0.2) is 8.42 Å². The van der Waals surface area contributed by atoms with Crippen LogP contribution < -0.4 is 0 Å². The first-order valence-electron chi connectivity index (χ1n) is 13.4. The summed E-state index contributed by atoms with van der Waals surface area (Å²) in [5, 5.41) is 1.23. The van der Waals surface area contributed by atoms with E-state index in [1.807, 2.05) is 25.1 Å². The first kappa shape index (κ1) is 26.7. The normalized spacial score (nSPS) is 16.5. The highest BCUT2D eigenvalue weighted by Gasteiger charge is 2.40. The van der Waals surface area contributed by atoms with Crippen LogP contribution in [0.3, 0.4) is 0 Å². The van der Waals surface area contributed by atoms with Gasteiger partial charge in [-0.1, -0.05) is 91.4 Å². The number of benzene rings is 3. The van der Waals surface area contributed by atoms with E-state index in [1.165, 1.54) is 16.5 Å². The van der Waals surface area contributed by atoms with Gasteiger partial charge in [0.05, 0.1) is 10.9 Å². The third-order valence-electron chi connectivity index (χ3n) is 7.44. The van der Waals surface area contributed by atoms with Crippen LogP contribution in [0, 0.1) is 6.92 Å². The number of rotatable bonds is 8. The highest BCUT2D eigenvalue weighted by atomic mass is 32.2. The summed E-state index contributed by atoms with van der Waals surface area (Å²) in [7, 11) is -5.11. The molecule has 0 fully saturated rings. The van der Waals surface area contributed by atoms with Crippen molar-refractivity contribution < 1.29 is 8.42 Å². The molecule has 2 heterocycles. The molecule has 0 amide bonds. The smallest absolute Gasteiger partial charge is 0.243 e. The molecule has 4 aromatic rings. The number of nitrogens with zero attached hydrogens (tertiary/aromatic N) is 2. The first-order valence-corrected chi connectivity index (χ1v) is 18.6. The Morgan fingerprint density at radius 3 is 2.29 bits per heavy atom. The van der Waals surface area contributed by atoms with E-state index in [-0.39, 0.29) is 6.04 Å². The van der Waals surface area contributed by atoms with Crippen LogP contribution in [0.2, 0.25) is 25.7 Å². The summed E-state index contributed by atoms with van der Waals surface area (Å²) in [6, 6.07) is 26.9. The van der Waals surface area contributed by atoms with Gasteiger partial charge in [0, 0.05) is 37.8 Å². The van der Waals surface area contributed by atoms with Crippen LogP contribution in [-0.4, -0.2) is 31.9 Å². The number of aromatic nitrogens is 1. The monoisotopic (exact) mass is 542 g/mol. The average Bonchev–Trinajstić information content (AvgIpc) is 3.18. The number of hydrogen-bond donors (Lipinski definition) is 0. The molecule has 1 atom stereocenters. The molecule has 0 spiro atoms. The van der Waals surface area contributed by atoms with Gasteiger partial charge in [-0.15, -0.1) is 6.58 Å². The Labute approximate surface area is 228 Å². The molecule has 0 radical (unpaired) electrons. The number of hydrogen-bond acceptors (Lipinski definition) is 2. The van der Waals surface area contributed by atoms with Gasteiger partial charge in [0.2, 0.25) is 10.0 Å². The molecule has 5 rings (SSSR count). The fourth-order valence-corrected chi connectivity index (χ4v) is 9.15. The number of aryl methyl sites for hydroxylation is 1. The molecule has 0 aliphatic carbocycles. The molecule has 0 saturated heterocycles. The molecule has 0 bridgehead atoms. The molecule has 6 heteroatoms. The van der Waals surface area contributed by atoms with Crippen molar-refractivity contribution in [2.24, 2.45) is 0 Å². The van der Waals surface area contributed by atoms with Gasteiger partial charge in [-0.3, -0.25) is 0 Å². The van der Waals surface area contributed by atoms with E-state index in [2.05, 4.69) is 79.3 Å². The maximum absolute atomic E-state index is 14.2. The van der Waals surface area contributed by atoms with Gasteiger partial charge >= 0.3 is 0 Å². The zero-order chi connectivity index (χ0) is 27.1. The highest BCUT2D eigenvalue weighted by molar-refractivity contribution is 7.89. The van der Waals surface area contributed by atoms with Gasteiger partial charge in [0.25, 0.3) is 0 Å². The van der Waals surface area contributed by atoms with E-state index in [4.69, 9.17) is 0 Å². The maximum atomic E-state index is 14.2. The summed E-state index contributed by atoms with van der Waals surface area (Å²) in [5.74, 6) is 0. The summed E-state index contributed by atoms with van der Waals surface area (Å²) in [6.07, 6.45) is 1.33. The van der Waals surface area contributed by atoms with Crippen LogP contribution >= 0.6 is 0 Å². The summed E-state index contributed by atoms with van der Waals surface area (Å²) < 4.78 is 32.5. The van der Waals surface area contributed by atoms with Crippen molar-refractivity contribution in [3.63, 3.8) is 0 Å². The Morgan fingerprint density at radius 2 is 1.61 bits per heavy atom. The topological polar surface area (TPSA) is 42.3 Å². The van der Waals surface area contributed by atoms with Gasteiger partial charge in [0.1, 0.15) is 0 Å². The largest absolute Gasteiger partial charge is 0.338 e. The van der Waals surface area contributed by atoms with E-state index in [0.29, 0.717) is 30.8 Å². The Kier molecular flexibility index (Phi) is 7.24. The molecule has 3 aromatic carbocycles. The van der Waals surface area contributed by atoms with Gasteiger partial charge in [-0.2, -0.15) is 4.31 Å². The lowest BCUT2D eigenvalue weighted by atomic mass is 9.95. The number of sulfonamides is 1.